The van der Waals surface area contributed by atoms with E-state index in [1.165, 1.54) is 6.07 Å². The Morgan fingerprint density at radius 3 is 2.81 bits per heavy atom. The number of hydrogen-bond acceptors (Lipinski definition) is 2. The van der Waals surface area contributed by atoms with Crippen molar-refractivity contribution in [2.24, 2.45) is 0 Å². The lowest BCUT2D eigenvalue weighted by atomic mass is 10.1. The molecule has 16 heavy (non-hydrogen) atoms. The number of aryl methyl sites for hydroxylation is 1. The van der Waals surface area contributed by atoms with Crippen LogP contribution in [0, 0.1) is 6.92 Å². The number of aromatic nitrogens is 2. The van der Waals surface area contributed by atoms with E-state index in [2.05, 4.69) is 5.10 Å². The Kier molecular flexibility index (Phi) is 2.66. The van der Waals surface area contributed by atoms with Crippen LogP contribution in [0.3, 0.4) is 0 Å². The smallest absolute Gasteiger partial charge is 0.337 e. The summed E-state index contributed by atoms with van der Waals surface area (Å²) < 4.78 is 1.56. The summed E-state index contributed by atoms with van der Waals surface area (Å²) in [4.78, 5) is 10.9. The van der Waals surface area contributed by atoms with E-state index in [1.807, 2.05) is 6.92 Å². The predicted octanol–water partition coefficient (Wildman–Crippen LogP) is 2.53. The first-order chi connectivity index (χ1) is 7.61. The normalized spacial score (nSPS) is 10.4. The Balaban J connectivity index is 2.69. The van der Waals surface area contributed by atoms with Crippen molar-refractivity contribution in [1.29, 1.82) is 0 Å². The van der Waals surface area contributed by atoms with Gasteiger partial charge in [0.15, 0.2) is 0 Å². The summed E-state index contributed by atoms with van der Waals surface area (Å²) >= 11 is 6.06. The highest BCUT2D eigenvalue weighted by Gasteiger charge is 2.15. The topological polar surface area (TPSA) is 55.1 Å². The van der Waals surface area contributed by atoms with E-state index in [1.54, 1.807) is 29.2 Å². The Bertz CT molecular complexity index is 535. The lowest BCUT2D eigenvalue weighted by Crippen LogP contribution is -2.04. The van der Waals surface area contributed by atoms with Crippen LogP contribution in [0.15, 0.2) is 30.6 Å². The molecule has 0 saturated heterocycles. The number of benzene rings is 1. The molecule has 0 radical (unpaired) electrons. The van der Waals surface area contributed by atoms with Crippen LogP contribution in [0.25, 0.3) is 5.69 Å². The molecule has 0 aliphatic rings. The van der Waals surface area contributed by atoms with Gasteiger partial charge in [-0.05, 0) is 24.6 Å². The minimum absolute atomic E-state index is 0.0813. The zero-order chi connectivity index (χ0) is 11.7. The van der Waals surface area contributed by atoms with Gasteiger partial charge in [-0.1, -0.05) is 17.7 Å². The van der Waals surface area contributed by atoms with Gasteiger partial charge in [0.05, 0.1) is 16.3 Å². The number of rotatable bonds is 2. The minimum Gasteiger partial charge on any atom is -0.478 e. The molecule has 2 aromatic rings. The molecule has 4 nitrogen and oxygen atoms in total. The zero-order valence-electron chi connectivity index (χ0n) is 8.51. The van der Waals surface area contributed by atoms with Crippen LogP contribution in [0.1, 0.15) is 15.9 Å². The Hall–Kier alpha value is -1.81. The van der Waals surface area contributed by atoms with Crippen molar-refractivity contribution in [2.45, 2.75) is 6.92 Å². The van der Waals surface area contributed by atoms with Gasteiger partial charge in [0.2, 0.25) is 0 Å². The molecule has 0 amide bonds. The summed E-state index contributed by atoms with van der Waals surface area (Å²) in [6.45, 7) is 1.86. The second kappa shape index (κ2) is 3.98. The van der Waals surface area contributed by atoms with Crippen LogP contribution in [0.5, 0.6) is 0 Å². The fourth-order valence-electron chi connectivity index (χ4n) is 1.51. The summed E-state index contributed by atoms with van der Waals surface area (Å²) in [5, 5.41) is 13.2. The molecule has 2 rings (SSSR count). The van der Waals surface area contributed by atoms with E-state index in [4.69, 9.17) is 16.7 Å². The first-order valence-corrected chi connectivity index (χ1v) is 5.01. The van der Waals surface area contributed by atoms with Gasteiger partial charge in [-0.25, -0.2) is 9.48 Å². The largest absolute Gasteiger partial charge is 0.478 e. The molecular formula is C11H9ClN2O2. The third kappa shape index (κ3) is 1.67. The maximum Gasteiger partial charge on any atom is 0.337 e. The van der Waals surface area contributed by atoms with Crippen molar-refractivity contribution in [3.05, 3.63) is 46.7 Å². The molecule has 5 heteroatoms. The second-order valence-electron chi connectivity index (χ2n) is 3.35. The molecule has 0 spiro atoms. The quantitative estimate of drug-likeness (QED) is 0.872. The summed E-state index contributed by atoms with van der Waals surface area (Å²) in [5.74, 6) is -1.04. The van der Waals surface area contributed by atoms with Gasteiger partial charge < -0.3 is 5.11 Å². The molecular weight excluding hydrogens is 228 g/mol. The highest BCUT2D eigenvalue weighted by molar-refractivity contribution is 6.35. The number of halogens is 1. The number of carboxylic acids is 1. The van der Waals surface area contributed by atoms with Crippen molar-refractivity contribution >= 4 is 17.6 Å². The molecule has 0 bridgehead atoms. The van der Waals surface area contributed by atoms with Crippen LogP contribution in [0.2, 0.25) is 5.02 Å². The van der Waals surface area contributed by atoms with Crippen molar-refractivity contribution in [3.63, 3.8) is 0 Å². The third-order valence-electron chi connectivity index (χ3n) is 2.28. The molecule has 0 unspecified atom stereocenters. The number of nitrogens with zero attached hydrogens (tertiary/aromatic N) is 2. The van der Waals surface area contributed by atoms with Gasteiger partial charge in [0.1, 0.15) is 0 Å². The van der Waals surface area contributed by atoms with Crippen LogP contribution in [0.4, 0.5) is 0 Å². The second-order valence-corrected chi connectivity index (χ2v) is 3.73. The number of carbonyl (C=O) groups is 1. The maximum absolute atomic E-state index is 10.9. The monoisotopic (exact) mass is 236 g/mol. The zero-order valence-corrected chi connectivity index (χ0v) is 9.27. The molecule has 0 aliphatic carbocycles. The van der Waals surface area contributed by atoms with Gasteiger partial charge >= 0.3 is 5.97 Å². The van der Waals surface area contributed by atoms with Gasteiger partial charge in [0.25, 0.3) is 0 Å². The lowest BCUT2D eigenvalue weighted by molar-refractivity contribution is 0.0697. The average Bonchev–Trinajstić information content (AvgIpc) is 2.70. The van der Waals surface area contributed by atoms with E-state index in [0.29, 0.717) is 5.69 Å². The number of aromatic carboxylic acids is 1. The molecule has 0 saturated carbocycles. The highest BCUT2D eigenvalue weighted by Crippen LogP contribution is 2.27. The van der Waals surface area contributed by atoms with Gasteiger partial charge in [0, 0.05) is 12.4 Å². The molecule has 1 aromatic carbocycles. The predicted molar refractivity (Wildman–Crippen MR) is 60.3 cm³/mol. The molecule has 82 valence electrons. The van der Waals surface area contributed by atoms with Crippen LogP contribution in [-0.2, 0) is 0 Å². The molecule has 0 atom stereocenters. The molecule has 1 N–H and O–H groups in total. The van der Waals surface area contributed by atoms with E-state index < -0.39 is 5.97 Å². The van der Waals surface area contributed by atoms with E-state index in [9.17, 15) is 4.79 Å². The van der Waals surface area contributed by atoms with Crippen LogP contribution in [-0.4, -0.2) is 20.9 Å². The third-order valence-corrected chi connectivity index (χ3v) is 2.66. The molecule has 1 heterocycles. The number of carboxylic acid groups (broad SMARTS) is 1. The first kappa shape index (κ1) is 10.7. The Morgan fingerprint density at radius 2 is 2.25 bits per heavy atom. The summed E-state index contributed by atoms with van der Waals surface area (Å²) in [6.07, 6.45) is 3.34. The Morgan fingerprint density at radius 1 is 1.50 bits per heavy atom. The Labute approximate surface area is 97.1 Å². The summed E-state index contributed by atoms with van der Waals surface area (Å²) in [7, 11) is 0. The van der Waals surface area contributed by atoms with Crippen molar-refractivity contribution < 1.29 is 9.90 Å². The molecule has 0 fully saturated rings. The van der Waals surface area contributed by atoms with E-state index in [-0.39, 0.29) is 10.6 Å². The van der Waals surface area contributed by atoms with Gasteiger partial charge in [-0.2, -0.15) is 5.10 Å². The first-order valence-electron chi connectivity index (χ1n) is 4.63. The highest BCUT2D eigenvalue weighted by atomic mass is 35.5. The van der Waals surface area contributed by atoms with Crippen molar-refractivity contribution in [3.8, 4) is 5.69 Å². The minimum atomic E-state index is -1.04. The SMILES string of the molecule is Cc1ccc(C(=O)O)c(Cl)c1-n1cccn1. The van der Waals surface area contributed by atoms with Crippen molar-refractivity contribution in [1.82, 2.24) is 9.78 Å². The summed E-state index contributed by atoms with van der Waals surface area (Å²) in [5.41, 5.74) is 1.56. The fraction of sp³-hybridized carbons (Fsp3) is 0.0909. The standard InChI is InChI=1S/C11H9ClN2O2/c1-7-3-4-8(11(15)16)9(12)10(7)14-6-2-5-13-14/h2-6H,1H3,(H,15,16). The average molecular weight is 237 g/mol. The van der Waals surface area contributed by atoms with Crippen molar-refractivity contribution in [2.75, 3.05) is 0 Å². The van der Waals surface area contributed by atoms with Gasteiger partial charge in [-0.3, -0.25) is 0 Å². The van der Waals surface area contributed by atoms with Crippen LogP contribution >= 0.6 is 11.6 Å². The number of hydrogen-bond donors (Lipinski definition) is 1. The summed E-state index contributed by atoms with van der Waals surface area (Å²) in [6, 6.07) is 4.96. The van der Waals surface area contributed by atoms with E-state index >= 15 is 0 Å². The lowest BCUT2D eigenvalue weighted by Gasteiger charge is -2.10. The van der Waals surface area contributed by atoms with E-state index in [0.717, 1.165) is 5.56 Å². The van der Waals surface area contributed by atoms with Gasteiger partial charge in [-0.15, -0.1) is 0 Å². The fourth-order valence-corrected chi connectivity index (χ4v) is 1.89. The molecule has 1 aromatic heterocycles. The maximum atomic E-state index is 10.9. The molecule has 0 aliphatic heterocycles. The van der Waals surface area contributed by atoms with Crippen LogP contribution < -0.4 is 0 Å².